The molecule has 1 unspecified atom stereocenters. The summed E-state index contributed by atoms with van der Waals surface area (Å²) in [6.45, 7) is 1.01. The molecule has 0 spiro atoms. The standard InChI is InChI=1S/C16H18ClNO2/c1-20-16-9-5-8-14(17)13(16)10-18-11-15(19)12-6-3-2-4-7-12/h2-9,15,18-19H,10-11H2,1H3. The molecule has 2 aromatic carbocycles. The minimum absolute atomic E-state index is 0.457. The van der Waals surface area contributed by atoms with Gasteiger partial charge in [-0.3, -0.25) is 0 Å². The maximum Gasteiger partial charge on any atom is 0.124 e. The predicted molar refractivity (Wildman–Crippen MR) is 81.1 cm³/mol. The van der Waals surface area contributed by atoms with Crippen LogP contribution < -0.4 is 10.1 Å². The lowest BCUT2D eigenvalue weighted by atomic mass is 10.1. The highest BCUT2D eigenvalue weighted by Crippen LogP contribution is 2.26. The first kappa shape index (κ1) is 14.9. The highest BCUT2D eigenvalue weighted by Gasteiger charge is 2.09. The molecule has 3 nitrogen and oxygen atoms in total. The third-order valence-corrected chi connectivity index (χ3v) is 3.47. The zero-order valence-electron chi connectivity index (χ0n) is 11.3. The maximum absolute atomic E-state index is 10.1. The number of rotatable bonds is 6. The number of ether oxygens (including phenoxy) is 1. The van der Waals surface area contributed by atoms with E-state index >= 15 is 0 Å². The molecule has 106 valence electrons. The summed E-state index contributed by atoms with van der Waals surface area (Å²) in [5.74, 6) is 0.749. The Morgan fingerprint density at radius 1 is 1.15 bits per heavy atom. The van der Waals surface area contributed by atoms with Gasteiger partial charge < -0.3 is 15.2 Å². The van der Waals surface area contributed by atoms with Crippen LogP contribution >= 0.6 is 11.6 Å². The summed E-state index contributed by atoms with van der Waals surface area (Å²) < 4.78 is 5.28. The number of halogens is 1. The zero-order chi connectivity index (χ0) is 14.4. The average molecular weight is 292 g/mol. The van der Waals surface area contributed by atoms with E-state index < -0.39 is 6.10 Å². The number of aliphatic hydroxyl groups is 1. The molecule has 2 aromatic rings. The van der Waals surface area contributed by atoms with Crippen molar-refractivity contribution >= 4 is 11.6 Å². The lowest BCUT2D eigenvalue weighted by molar-refractivity contribution is 0.174. The van der Waals surface area contributed by atoms with Gasteiger partial charge in [-0.1, -0.05) is 48.0 Å². The molecule has 0 radical (unpaired) electrons. The van der Waals surface area contributed by atoms with Gasteiger partial charge in [-0.2, -0.15) is 0 Å². The van der Waals surface area contributed by atoms with E-state index in [-0.39, 0.29) is 0 Å². The Morgan fingerprint density at radius 3 is 2.60 bits per heavy atom. The van der Waals surface area contributed by atoms with Crippen molar-refractivity contribution in [2.75, 3.05) is 13.7 Å². The maximum atomic E-state index is 10.1. The van der Waals surface area contributed by atoms with Crippen molar-refractivity contribution in [2.24, 2.45) is 0 Å². The summed E-state index contributed by atoms with van der Waals surface area (Å²) in [4.78, 5) is 0. The number of hydrogen-bond donors (Lipinski definition) is 2. The first-order valence-electron chi connectivity index (χ1n) is 6.47. The van der Waals surface area contributed by atoms with Gasteiger partial charge in [0.15, 0.2) is 0 Å². The van der Waals surface area contributed by atoms with E-state index in [0.29, 0.717) is 18.1 Å². The third kappa shape index (κ3) is 3.73. The fourth-order valence-electron chi connectivity index (χ4n) is 2.03. The summed E-state index contributed by atoms with van der Waals surface area (Å²) in [5, 5.41) is 13.9. The summed E-state index contributed by atoms with van der Waals surface area (Å²) in [7, 11) is 1.62. The van der Waals surface area contributed by atoms with E-state index in [4.69, 9.17) is 16.3 Å². The molecule has 0 fully saturated rings. The summed E-state index contributed by atoms with van der Waals surface area (Å²) in [6.07, 6.45) is -0.537. The summed E-state index contributed by atoms with van der Waals surface area (Å²) >= 11 is 6.16. The minimum atomic E-state index is -0.537. The van der Waals surface area contributed by atoms with Gasteiger partial charge in [0.1, 0.15) is 5.75 Å². The summed E-state index contributed by atoms with van der Waals surface area (Å²) in [5.41, 5.74) is 1.79. The molecule has 0 bridgehead atoms. The lowest BCUT2D eigenvalue weighted by Crippen LogP contribution is -2.21. The average Bonchev–Trinajstić information content (AvgIpc) is 2.49. The van der Waals surface area contributed by atoms with Gasteiger partial charge in [-0.05, 0) is 17.7 Å². The van der Waals surface area contributed by atoms with Gasteiger partial charge in [0.2, 0.25) is 0 Å². The molecule has 1 atom stereocenters. The van der Waals surface area contributed by atoms with Crippen molar-refractivity contribution in [3.8, 4) is 5.75 Å². The summed E-state index contributed by atoms with van der Waals surface area (Å²) in [6, 6.07) is 15.1. The Kier molecular flexibility index (Phi) is 5.41. The van der Waals surface area contributed by atoms with Crippen LogP contribution in [0.4, 0.5) is 0 Å². The van der Waals surface area contributed by atoms with E-state index in [1.165, 1.54) is 0 Å². The van der Waals surface area contributed by atoms with Gasteiger partial charge in [0, 0.05) is 23.7 Å². The van der Waals surface area contributed by atoms with Crippen LogP contribution in [0, 0.1) is 0 Å². The molecule has 0 amide bonds. The first-order chi connectivity index (χ1) is 9.72. The van der Waals surface area contributed by atoms with E-state index in [1.807, 2.05) is 48.5 Å². The second-order valence-corrected chi connectivity index (χ2v) is 4.89. The van der Waals surface area contributed by atoms with Crippen molar-refractivity contribution in [2.45, 2.75) is 12.6 Å². The van der Waals surface area contributed by atoms with Crippen molar-refractivity contribution in [3.05, 3.63) is 64.7 Å². The largest absolute Gasteiger partial charge is 0.496 e. The van der Waals surface area contributed by atoms with Gasteiger partial charge in [0.25, 0.3) is 0 Å². The Bertz CT molecular complexity index is 545. The molecule has 0 aliphatic heterocycles. The minimum Gasteiger partial charge on any atom is -0.496 e. The Labute approximate surface area is 124 Å². The van der Waals surface area contributed by atoms with E-state index in [0.717, 1.165) is 16.9 Å². The van der Waals surface area contributed by atoms with Gasteiger partial charge in [0.05, 0.1) is 13.2 Å². The van der Waals surface area contributed by atoms with Crippen LogP contribution in [-0.2, 0) is 6.54 Å². The molecular formula is C16H18ClNO2. The molecule has 20 heavy (non-hydrogen) atoms. The highest BCUT2D eigenvalue weighted by molar-refractivity contribution is 6.31. The Balaban J connectivity index is 1.93. The number of methoxy groups -OCH3 is 1. The fourth-order valence-corrected chi connectivity index (χ4v) is 2.26. The van der Waals surface area contributed by atoms with Crippen LogP contribution in [0.5, 0.6) is 5.75 Å². The van der Waals surface area contributed by atoms with E-state index in [1.54, 1.807) is 7.11 Å². The molecule has 4 heteroatoms. The molecule has 0 aromatic heterocycles. The number of benzene rings is 2. The van der Waals surface area contributed by atoms with Crippen molar-refractivity contribution < 1.29 is 9.84 Å². The van der Waals surface area contributed by atoms with Crippen molar-refractivity contribution in [1.82, 2.24) is 5.32 Å². The molecule has 2 rings (SSSR count). The zero-order valence-corrected chi connectivity index (χ0v) is 12.1. The Hall–Kier alpha value is -1.55. The third-order valence-electron chi connectivity index (χ3n) is 3.12. The van der Waals surface area contributed by atoms with Crippen LogP contribution in [0.15, 0.2) is 48.5 Å². The smallest absolute Gasteiger partial charge is 0.124 e. The molecule has 0 aliphatic carbocycles. The molecule has 0 saturated carbocycles. The van der Waals surface area contributed by atoms with Crippen LogP contribution in [0.1, 0.15) is 17.2 Å². The van der Waals surface area contributed by atoms with Crippen LogP contribution in [0.2, 0.25) is 5.02 Å². The van der Waals surface area contributed by atoms with Crippen molar-refractivity contribution in [3.63, 3.8) is 0 Å². The van der Waals surface area contributed by atoms with E-state index in [2.05, 4.69) is 5.32 Å². The molecule has 0 aliphatic rings. The molecule has 0 saturated heterocycles. The monoisotopic (exact) mass is 291 g/mol. The number of nitrogens with one attached hydrogen (secondary N) is 1. The van der Waals surface area contributed by atoms with Gasteiger partial charge >= 0.3 is 0 Å². The topological polar surface area (TPSA) is 41.5 Å². The predicted octanol–water partition coefficient (Wildman–Crippen LogP) is 3.17. The number of aliphatic hydroxyl groups excluding tert-OH is 1. The normalized spacial score (nSPS) is 12.2. The molecule has 2 N–H and O–H groups in total. The number of hydrogen-bond acceptors (Lipinski definition) is 3. The second kappa shape index (κ2) is 7.29. The van der Waals surface area contributed by atoms with E-state index in [9.17, 15) is 5.11 Å². The molecule has 0 heterocycles. The first-order valence-corrected chi connectivity index (χ1v) is 6.85. The Morgan fingerprint density at radius 2 is 1.90 bits per heavy atom. The van der Waals surface area contributed by atoms with Crippen molar-refractivity contribution in [1.29, 1.82) is 0 Å². The van der Waals surface area contributed by atoms with Gasteiger partial charge in [-0.25, -0.2) is 0 Å². The fraction of sp³-hybridized carbons (Fsp3) is 0.250. The van der Waals surface area contributed by atoms with Crippen LogP contribution in [0.3, 0.4) is 0 Å². The SMILES string of the molecule is COc1cccc(Cl)c1CNCC(O)c1ccccc1. The van der Waals surface area contributed by atoms with Crippen LogP contribution in [-0.4, -0.2) is 18.8 Å². The quantitative estimate of drug-likeness (QED) is 0.859. The van der Waals surface area contributed by atoms with Gasteiger partial charge in [-0.15, -0.1) is 0 Å². The highest BCUT2D eigenvalue weighted by atomic mass is 35.5. The second-order valence-electron chi connectivity index (χ2n) is 4.48. The lowest BCUT2D eigenvalue weighted by Gasteiger charge is -2.14. The van der Waals surface area contributed by atoms with Crippen LogP contribution in [0.25, 0.3) is 0 Å². The molecular weight excluding hydrogens is 274 g/mol.